The maximum Gasteiger partial charge on any atom is 0.227 e. The van der Waals surface area contributed by atoms with Crippen LogP contribution >= 0.6 is 0 Å². The molecule has 2 N–H and O–H groups in total. The van der Waals surface area contributed by atoms with E-state index >= 15 is 0 Å². The Bertz CT molecular complexity index is 268. The Kier molecular flexibility index (Phi) is 3.89. The second kappa shape index (κ2) is 4.96. The third-order valence-corrected chi connectivity index (χ3v) is 2.46. The van der Waals surface area contributed by atoms with Gasteiger partial charge in [0.25, 0.3) is 0 Å². The number of aliphatic hydroxyl groups is 1. The van der Waals surface area contributed by atoms with E-state index in [-0.39, 0.29) is 11.8 Å². The predicted octanol–water partition coefficient (Wildman–Crippen LogP) is 1.35. The van der Waals surface area contributed by atoms with Gasteiger partial charge in [-0.2, -0.15) is 0 Å². The van der Waals surface area contributed by atoms with Crippen molar-refractivity contribution in [3.05, 3.63) is 23.9 Å². The fourth-order valence-corrected chi connectivity index (χ4v) is 1.19. The Morgan fingerprint density at radius 2 is 2.50 bits per heavy atom. The molecule has 1 rings (SSSR count). The van der Waals surface area contributed by atoms with E-state index in [0.717, 1.165) is 6.42 Å². The van der Waals surface area contributed by atoms with Crippen LogP contribution in [0.4, 0.5) is 0 Å². The van der Waals surface area contributed by atoms with Crippen LogP contribution in [0.25, 0.3) is 0 Å². The molecule has 0 saturated heterocycles. The first-order valence-corrected chi connectivity index (χ1v) is 5.00. The van der Waals surface area contributed by atoms with Crippen LogP contribution < -0.4 is 5.32 Å². The van der Waals surface area contributed by atoms with E-state index in [1.54, 1.807) is 6.08 Å². The van der Waals surface area contributed by atoms with Crippen LogP contribution in [-0.4, -0.2) is 17.1 Å². The zero-order valence-corrected chi connectivity index (χ0v) is 8.66. The van der Waals surface area contributed by atoms with Gasteiger partial charge in [-0.1, -0.05) is 26.0 Å². The normalized spacial score (nSPS) is 22.8. The lowest BCUT2D eigenvalue weighted by Crippen LogP contribution is -2.33. The molecule has 0 saturated carbocycles. The molecule has 2 atom stereocenters. The maximum atomic E-state index is 11.5. The van der Waals surface area contributed by atoms with E-state index in [1.807, 2.05) is 26.0 Å². The van der Waals surface area contributed by atoms with Gasteiger partial charge in [0.2, 0.25) is 5.91 Å². The number of allylic oxidation sites excluding steroid dienone is 2. The molecule has 0 aromatic heterocycles. The molecule has 0 fully saturated rings. The van der Waals surface area contributed by atoms with Gasteiger partial charge in [0, 0.05) is 11.6 Å². The van der Waals surface area contributed by atoms with E-state index in [9.17, 15) is 9.90 Å². The molecular weight excluding hydrogens is 178 g/mol. The zero-order valence-electron chi connectivity index (χ0n) is 8.66. The minimum atomic E-state index is -0.562. The quantitative estimate of drug-likeness (QED) is 0.714. The van der Waals surface area contributed by atoms with Crippen molar-refractivity contribution in [2.45, 2.75) is 32.8 Å². The Labute approximate surface area is 84.5 Å². The zero-order chi connectivity index (χ0) is 10.6. The number of aliphatic hydroxyl groups excluding tert-OH is 1. The lowest BCUT2D eigenvalue weighted by atomic mass is 10.1. The van der Waals surface area contributed by atoms with Crippen molar-refractivity contribution in [2.75, 3.05) is 0 Å². The number of hydrogen-bond donors (Lipinski definition) is 2. The van der Waals surface area contributed by atoms with Gasteiger partial charge in [0.1, 0.15) is 0 Å². The van der Waals surface area contributed by atoms with E-state index in [1.165, 1.54) is 0 Å². The fourth-order valence-electron chi connectivity index (χ4n) is 1.19. The summed E-state index contributed by atoms with van der Waals surface area (Å²) in [6.07, 6.45) is 6.29. The summed E-state index contributed by atoms with van der Waals surface area (Å²) in [5.74, 6) is -0.0258. The summed E-state index contributed by atoms with van der Waals surface area (Å²) >= 11 is 0. The van der Waals surface area contributed by atoms with Gasteiger partial charge in [-0.3, -0.25) is 4.79 Å². The van der Waals surface area contributed by atoms with Crippen LogP contribution in [0.15, 0.2) is 23.9 Å². The molecule has 14 heavy (non-hydrogen) atoms. The van der Waals surface area contributed by atoms with E-state index in [2.05, 4.69) is 5.32 Å². The van der Waals surface area contributed by atoms with E-state index in [4.69, 9.17) is 0 Å². The van der Waals surface area contributed by atoms with Crippen molar-refractivity contribution in [3.8, 4) is 0 Å². The van der Waals surface area contributed by atoms with Crippen molar-refractivity contribution in [1.29, 1.82) is 0 Å². The minimum Gasteiger partial charge on any atom is -0.387 e. The monoisotopic (exact) mass is 195 g/mol. The molecule has 1 aliphatic carbocycles. The number of carbonyl (C=O) groups is 1. The van der Waals surface area contributed by atoms with Crippen molar-refractivity contribution in [3.63, 3.8) is 0 Å². The van der Waals surface area contributed by atoms with E-state index < -0.39 is 6.10 Å². The van der Waals surface area contributed by atoms with Crippen molar-refractivity contribution < 1.29 is 9.90 Å². The summed E-state index contributed by atoms with van der Waals surface area (Å²) < 4.78 is 0. The van der Waals surface area contributed by atoms with Crippen LogP contribution in [-0.2, 0) is 4.79 Å². The first-order chi connectivity index (χ1) is 6.65. The molecule has 0 aromatic rings. The standard InChI is InChI=1S/C11H17NO2/c1-3-8(2)11(14)12-9-6-4-5-7-10(9)13/h4-6,8,10,13H,3,7H2,1-2H3,(H,12,14). The smallest absolute Gasteiger partial charge is 0.227 e. The maximum absolute atomic E-state index is 11.5. The molecule has 2 unspecified atom stereocenters. The van der Waals surface area contributed by atoms with Gasteiger partial charge in [-0.25, -0.2) is 0 Å². The molecular formula is C11H17NO2. The average molecular weight is 195 g/mol. The average Bonchev–Trinajstić information content (AvgIpc) is 2.20. The third-order valence-electron chi connectivity index (χ3n) is 2.46. The highest BCUT2D eigenvalue weighted by Crippen LogP contribution is 2.11. The SMILES string of the molecule is CCC(C)C(=O)NC1=CC=CCC1O. The second-order valence-electron chi connectivity index (χ2n) is 3.60. The van der Waals surface area contributed by atoms with E-state index in [0.29, 0.717) is 12.1 Å². The highest BCUT2D eigenvalue weighted by Gasteiger charge is 2.17. The molecule has 0 aliphatic heterocycles. The summed E-state index contributed by atoms with van der Waals surface area (Å²) in [4.78, 5) is 11.5. The highest BCUT2D eigenvalue weighted by atomic mass is 16.3. The summed E-state index contributed by atoms with van der Waals surface area (Å²) in [7, 11) is 0. The molecule has 0 radical (unpaired) electrons. The fraction of sp³-hybridized carbons (Fsp3) is 0.545. The topological polar surface area (TPSA) is 49.3 Å². The summed E-state index contributed by atoms with van der Waals surface area (Å²) in [6.45, 7) is 3.84. The lowest BCUT2D eigenvalue weighted by molar-refractivity contribution is -0.124. The number of rotatable bonds is 3. The largest absolute Gasteiger partial charge is 0.387 e. The summed E-state index contributed by atoms with van der Waals surface area (Å²) in [6, 6.07) is 0. The molecule has 3 nitrogen and oxygen atoms in total. The lowest BCUT2D eigenvalue weighted by Gasteiger charge is -2.18. The first-order valence-electron chi connectivity index (χ1n) is 5.00. The number of amides is 1. The molecule has 1 aliphatic rings. The van der Waals surface area contributed by atoms with Gasteiger partial charge in [-0.15, -0.1) is 0 Å². The molecule has 1 amide bonds. The van der Waals surface area contributed by atoms with Crippen LogP contribution in [0.1, 0.15) is 26.7 Å². The van der Waals surface area contributed by atoms with Crippen LogP contribution in [0.2, 0.25) is 0 Å². The predicted molar refractivity (Wildman–Crippen MR) is 55.4 cm³/mol. The van der Waals surface area contributed by atoms with Crippen molar-refractivity contribution in [1.82, 2.24) is 5.32 Å². The van der Waals surface area contributed by atoms with Gasteiger partial charge in [-0.05, 0) is 18.9 Å². The molecule has 0 heterocycles. The Hall–Kier alpha value is -1.09. The van der Waals surface area contributed by atoms with Gasteiger partial charge >= 0.3 is 0 Å². The van der Waals surface area contributed by atoms with Crippen LogP contribution in [0.3, 0.4) is 0 Å². The second-order valence-corrected chi connectivity index (χ2v) is 3.60. The number of hydrogen-bond acceptors (Lipinski definition) is 2. The van der Waals surface area contributed by atoms with Gasteiger partial charge in [0.15, 0.2) is 0 Å². The number of carbonyl (C=O) groups excluding carboxylic acids is 1. The van der Waals surface area contributed by atoms with Crippen LogP contribution in [0, 0.1) is 5.92 Å². The van der Waals surface area contributed by atoms with Crippen molar-refractivity contribution >= 4 is 5.91 Å². The minimum absolute atomic E-state index is 0.00555. The Morgan fingerprint density at radius 1 is 1.79 bits per heavy atom. The first kappa shape index (κ1) is 11.0. The van der Waals surface area contributed by atoms with Gasteiger partial charge in [0.05, 0.1) is 6.10 Å². The molecule has 0 spiro atoms. The molecule has 0 aromatic carbocycles. The molecule has 0 bridgehead atoms. The summed E-state index contributed by atoms with van der Waals surface area (Å²) in [5.41, 5.74) is 0.609. The third kappa shape index (κ3) is 2.70. The van der Waals surface area contributed by atoms with Gasteiger partial charge < -0.3 is 10.4 Å². The Balaban J connectivity index is 2.55. The summed E-state index contributed by atoms with van der Waals surface area (Å²) in [5, 5.41) is 12.3. The Morgan fingerprint density at radius 3 is 3.07 bits per heavy atom. The van der Waals surface area contributed by atoms with Crippen molar-refractivity contribution in [2.24, 2.45) is 5.92 Å². The van der Waals surface area contributed by atoms with Crippen LogP contribution in [0.5, 0.6) is 0 Å². The number of nitrogens with one attached hydrogen (secondary N) is 1. The molecule has 78 valence electrons. The highest BCUT2D eigenvalue weighted by molar-refractivity contribution is 5.80. The molecule has 3 heteroatoms.